The van der Waals surface area contributed by atoms with E-state index in [1.54, 1.807) is 18.2 Å². The Hall–Kier alpha value is -1.40. The number of halogens is 3. The smallest absolute Gasteiger partial charge is 0.173 e. The van der Waals surface area contributed by atoms with Crippen LogP contribution in [0, 0.1) is 12.7 Å². The highest BCUT2D eigenvalue weighted by molar-refractivity contribution is 7.80. The lowest BCUT2D eigenvalue weighted by Crippen LogP contribution is -2.40. The third-order valence-corrected chi connectivity index (χ3v) is 5.63. The number of hydrogen-bond donors (Lipinski definition) is 1. The number of hydrogen-bond acceptors (Lipinski definition) is 2. The summed E-state index contributed by atoms with van der Waals surface area (Å²) in [6.07, 6.45) is 2.03. The van der Waals surface area contributed by atoms with Crippen LogP contribution in [0.25, 0.3) is 0 Å². The highest BCUT2D eigenvalue weighted by Crippen LogP contribution is 2.27. The first-order chi connectivity index (χ1) is 13.0. The maximum Gasteiger partial charge on any atom is 0.173 e. The molecule has 2 aromatic carbocycles. The first-order valence-corrected chi connectivity index (χ1v) is 9.97. The summed E-state index contributed by atoms with van der Waals surface area (Å²) in [7, 11) is 0. The Morgan fingerprint density at radius 1 is 1.26 bits per heavy atom. The number of nitrogens with zero attached hydrogens (tertiary/aromatic N) is 1. The number of thiocarbonyl (C=S) groups is 1. The van der Waals surface area contributed by atoms with Crippen molar-refractivity contribution in [3.63, 3.8) is 0 Å². The van der Waals surface area contributed by atoms with Gasteiger partial charge < -0.3 is 15.0 Å². The van der Waals surface area contributed by atoms with Gasteiger partial charge in [-0.3, -0.25) is 0 Å². The molecule has 0 spiro atoms. The second kappa shape index (κ2) is 9.20. The molecule has 0 saturated carbocycles. The van der Waals surface area contributed by atoms with E-state index in [9.17, 15) is 4.39 Å². The molecule has 0 aromatic heterocycles. The van der Waals surface area contributed by atoms with Crippen LogP contribution in [0.4, 0.5) is 10.1 Å². The normalized spacial score (nSPS) is 16.4. The van der Waals surface area contributed by atoms with Crippen molar-refractivity contribution in [3.05, 3.63) is 63.4 Å². The van der Waals surface area contributed by atoms with Crippen LogP contribution < -0.4 is 5.32 Å². The van der Waals surface area contributed by atoms with E-state index < -0.39 is 0 Å². The molecule has 1 aliphatic heterocycles. The lowest BCUT2D eigenvalue weighted by atomic mass is 10.1. The fourth-order valence-electron chi connectivity index (χ4n) is 3.10. The zero-order chi connectivity index (χ0) is 19.4. The van der Waals surface area contributed by atoms with Gasteiger partial charge in [0.1, 0.15) is 5.82 Å². The number of nitrogens with one attached hydrogen (secondary N) is 1. The zero-order valence-corrected chi connectivity index (χ0v) is 17.3. The third-order valence-electron chi connectivity index (χ3n) is 4.60. The number of ether oxygens (including phenoxy) is 1. The van der Waals surface area contributed by atoms with Crippen molar-refractivity contribution >= 4 is 46.2 Å². The first kappa shape index (κ1) is 20.3. The summed E-state index contributed by atoms with van der Waals surface area (Å²) in [6, 6.07) is 10.3. The van der Waals surface area contributed by atoms with E-state index in [4.69, 9.17) is 40.2 Å². The fourth-order valence-corrected chi connectivity index (χ4v) is 3.84. The van der Waals surface area contributed by atoms with Crippen LogP contribution in [0.2, 0.25) is 10.0 Å². The lowest BCUT2D eigenvalue weighted by Gasteiger charge is -2.29. The Balaban J connectivity index is 1.83. The highest BCUT2D eigenvalue weighted by atomic mass is 35.5. The average Bonchev–Trinajstić information content (AvgIpc) is 3.13. The van der Waals surface area contributed by atoms with E-state index in [-0.39, 0.29) is 18.5 Å². The molecule has 2 aromatic rings. The van der Waals surface area contributed by atoms with E-state index in [0.29, 0.717) is 27.3 Å². The Labute approximate surface area is 174 Å². The Morgan fingerprint density at radius 2 is 2.00 bits per heavy atom. The van der Waals surface area contributed by atoms with E-state index >= 15 is 0 Å². The number of para-hydroxylation sites is 1. The van der Waals surface area contributed by atoms with Crippen molar-refractivity contribution in [2.75, 3.05) is 18.5 Å². The van der Waals surface area contributed by atoms with Gasteiger partial charge in [0, 0.05) is 30.3 Å². The summed E-state index contributed by atoms with van der Waals surface area (Å²) >= 11 is 18.2. The Kier molecular flexibility index (Phi) is 6.93. The largest absolute Gasteiger partial charge is 0.376 e. The van der Waals surface area contributed by atoms with Crippen LogP contribution in [0.1, 0.15) is 24.0 Å². The average molecular weight is 427 g/mol. The molecule has 0 bridgehead atoms. The molecular weight excluding hydrogens is 406 g/mol. The number of rotatable bonds is 5. The molecule has 3 rings (SSSR count). The molecule has 27 heavy (non-hydrogen) atoms. The van der Waals surface area contributed by atoms with E-state index in [0.717, 1.165) is 30.7 Å². The molecule has 0 aliphatic carbocycles. The molecule has 1 atom stereocenters. The van der Waals surface area contributed by atoms with Crippen molar-refractivity contribution in [1.82, 2.24) is 4.90 Å². The van der Waals surface area contributed by atoms with Crippen molar-refractivity contribution < 1.29 is 9.13 Å². The van der Waals surface area contributed by atoms with Crippen LogP contribution in [0.3, 0.4) is 0 Å². The maximum atomic E-state index is 14.3. The number of anilines is 1. The molecule has 1 heterocycles. The monoisotopic (exact) mass is 426 g/mol. The summed E-state index contributed by atoms with van der Waals surface area (Å²) in [5.74, 6) is -0.350. The Morgan fingerprint density at radius 3 is 2.67 bits per heavy atom. The molecule has 1 N–H and O–H groups in total. The van der Waals surface area contributed by atoms with Crippen LogP contribution in [0.15, 0.2) is 36.4 Å². The quantitative estimate of drug-likeness (QED) is 0.608. The second-order valence-corrected chi connectivity index (χ2v) is 7.78. The predicted octanol–water partition coefficient (Wildman–Crippen LogP) is 5.82. The van der Waals surface area contributed by atoms with Gasteiger partial charge in [0.15, 0.2) is 5.11 Å². The maximum absolute atomic E-state index is 14.3. The minimum atomic E-state index is -0.350. The summed E-state index contributed by atoms with van der Waals surface area (Å²) in [4.78, 5) is 1.89. The third kappa shape index (κ3) is 5.11. The molecule has 0 radical (unpaired) electrons. The van der Waals surface area contributed by atoms with Crippen molar-refractivity contribution in [1.29, 1.82) is 0 Å². The van der Waals surface area contributed by atoms with Gasteiger partial charge in [0.05, 0.1) is 16.8 Å². The van der Waals surface area contributed by atoms with Crippen LogP contribution in [-0.2, 0) is 11.3 Å². The molecule has 0 amide bonds. The van der Waals surface area contributed by atoms with Crippen LogP contribution in [0.5, 0.6) is 0 Å². The summed E-state index contributed by atoms with van der Waals surface area (Å²) < 4.78 is 20.1. The minimum absolute atomic E-state index is 0.0580. The van der Waals surface area contributed by atoms with Crippen molar-refractivity contribution in [3.8, 4) is 0 Å². The summed E-state index contributed by atoms with van der Waals surface area (Å²) in [5.41, 5.74) is 2.14. The second-order valence-electron chi connectivity index (χ2n) is 6.58. The predicted molar refractivity (Wildman–Crippen MR) is 113 cm³/mol. The van der Waals surface area contributed by atoms with E-state index in [1.165, 1.54) is 6.07 Å². The van der Waals surface area contributed by atoms with Crippen molar-refractivity contribution in [2.24, 2.45) is 0 Å². The van der Waals surface area contributed by atoms with Gasteiger partial charge in [-0.25, -0.2) is 4.39 Å². The van der Waals surface area contributed by atoms with Crippen molar-refractivity contribution in [2.45, 2.75) is 32.4 Å². The van der Waals surface area contributed by atoms with Gasteiger partial charge in [0.2, 0.25) is 0 Å². The van der Waals surface area contributed by atoms with Gasteiger partial charge in [-0.15, -0.1) is 0 Å². The van der Waals surface area contributed by atoms with Gasteiger partial charge in [0.25, 0.3) is 0 Å². The SMILES string of the molecule is Cc1cccc(Cl)c1NC(=S)N(Cc1c(F)cccc1Cl)CC1CCCO1. The molecule has 3 nitrogen and oxygen atoms in total. The summed E-state index contributed by atoms with van der Waals surface area (Å²) in [6.45, 7) is 3.50. The molecule has 1 fully saturated rings. The van der Waals surface area contributed by atoms with E-state index in [1.807, 2.05) is 24.0 Å². The molecular formula is C20H21Cl2FN2OS. The number of aryl methyl sites for hydroxylation is 1. The highest BCUT2D eigenvalue weighted by Gasteiger charge is 2.23. The van der Waals surface area contributed by atoms with Gasteiger partial charge in [-0.05, 0) is 55.7 Å². The topological polar surface area (TPSA) is 24.5 Å². The molecule has 1 saturated heterocycles. The molecule has 1 unspecified atom stereocenters. The van der Waals surface area contributed by atoms with Gasteiger partial charge in [-0.2, -0.15) is 0 Å². The minimum Gasteiger partial charge on any atom is -0.376 e. The standard InChI is InChI=1S/C20H21Cl2FN2OS/c1-13-5-2-8-17(22)19(13)24-20(27)25(11-14-6-4-10-26-14)12-15-16(21)7-3-9-18(15)23/h2-3,5,7-9,14H,4,6,10-12H2,1H3,(H,24,27). The summed E-state index contributed by atoms with van der Waals surface area (Å²) in [5, 5.41) is 4.64. The lowest BCUT2D eigenvalue weighted by molar-refractivity contribution is 0.0903. The Bertz CT molecular complexity index is 787. The fraction of sp³-hybridized carbons (Fsp3) is 0.350. The first-order valence-electron chi connectivity index (χ1n) is 8.81. The van der Waals surface area contributed by atoms with Crippen LogP contribution in [-0.4, -0.2) is 29.3 Å². The van der Waals surface area contributed by atoms with E-state index in [2.05, 4.69) is 5.32 Å². The van der Waals surface area contributed by atoms with Gasteiger partial charge in [-0.1, -0.05) is 41.4 Å². The zero-order valence-electron chi connectivity index (χ0n) is 15.0. The van der Waals surface area contributed by atoms with Gasteiger partial charge >= 0.3 is 0 Å². The van der Waals surface area contributed by atoms with Crippen LogP contribution >= 0.6 is 35.4 Å². The molecule has 144 valence electrons. The number of benzene rings is 2. The molecule has 7 heteroatoms. The molecule has 1 aliphatic rings.